The summed E-state index contributed by atoms with van der Waals surface area (Å²) in [7, 11) is 0. The number of rotatable bonds is 12. The number of aliphatic carboxylic acids is 1. The second kappa shape index (κ2) is 14.0. The number of aliphatic hydroxyl groups is 1. The molecule has 9 nitrogen and oxygen atoms in total. The molecule has 4 aliphatic carbocycles. The van der Waals surface area contributed by atoms with Gasteiger partial charge < -0.3 is 20.7 Å². The van der Waals surface area contributed by atoms with E-state index < -0.39 is 28.9 Å². The fourth-order valence-corrected chi connectivity index (χ4v) is 12.7. The van der Waals surface area contributed by atoms with Gasteiger partial charge in [-0.3, -0.25) is 9.78 Å². The molecule has 2 aromatic heterocycles. The Labute approximate surface area is 331 Å². The minimum absolute atomic E-state index is 0.0449. The third-order valence-electron chi connectivity index (χ3n) is 17.6. The van der Waals surface area contributed by atoms with Crippen LogP contribution in [0.5, 0.6) is 0 Å². The fourth-order valence-electron chi connectivity index (χ4n) is 12.7. The van der Waals surface area contributed by atoms with Gasteiger partial charge in [-0.15, -0.1) is 0 Å². The van der Waals surface area contributed by atoms with Crippen molar-refractivity contribution in [1.82, 2.24) is 19.7 Å². The zero-order valence-corrected chi connectivity index (χ0v) is 36.3. The quantitative estimate of drug-likeness (QED) is 0.182. The predicted octanol–water partition coefficient (Wildman–Crippen LogP) is 9.24. The van der Waals surface area contributed by atoms with Gasteiger partial charge in [0.15, 0.2) is 5.82 Å². The van der Waals surface area contributed by atoms with Gasteiger partial charge >= 0.3 is 5.97 Å². The van der Waals surface area contributed by atoms with Crippen molar-refractivity contribution in [3.63, 3.8) is 0 Å². The van der Waals surface area contributed by atoms with Crippen molar-refractivity contribution in [3.8, 4) is 11.4 Å². The van der Waals surface area contributed by atoms with Gasteiger partial charge in [-0.05, 0) is 121 Å². The molecule has 4 aliphatic rings. The van der Waals surface area contributed by atoms with Crippen LogP contribution in [0.25, 0.3) is 11.4 Å². The summed E-state index contributed by atoms with van der Waals surface area (Å²) in [4.78, 5) is 22.5. The van der Waals surface area contributed by atoms with E-state index in [1.54, 1.807) is 18.7 Å². The lowest BCUT2D eigenvalue weighted by molar-refractivity contribution is -0.196. The number of allylic oxidation sites excluding steroid dienone is 2. The molecule has 0 bridgehead atoms. The number of ether oxygens (including phenoxy) is 1. The lowest BCUT2D eigenvalue weighted by atomic mass is 9.36. The van der Waals surface area contributed by atoms with Crippen molar-refractivity contribution in [2.45, 2.75) is 146 Å². The van der Waals surface area contributed by atoms with Gasteiger partial charge in [-0.1, -0.05) is 87.8 Å². The van der Waals surface area contributed by atoms with Crippen LogP contribution in [-0.2, 0) is 9.53 Å². The maximum Gasteiger partial charge on any atom is 0.307 e. The van der Waals surface area contributed by atoms with Gasteiger partial charge in [0.25, 0.3) is 0 Å². The zero-order chi connectivity index (χ0) is 40.7. The molecule has 3 fully saturated rings. The number of pyridine rings is 1. The molecule has 0 aromatic carbocycles. The Morgan fingerprint density at radius 3 is 2.22 bits per heavy atom. The Balaban J connectivity index is 1.43. The van der Waals surface area contributed by atoms with E-state index in [0.717, 1.165) is 49.9 Å². The summed E-state index contributed by atoms with van der Waals surface area (Å²) in [6.45, 7) is 29.4. The van der Waals surface area contributed by atoms with Crippen LogP contribution in [0, 0.1) is 68.0 Å². The standard InChI is InChI=1S/C46H73N5O4/c1-28(2)30(4)41(9)20-21-43(11)33-14-15-35(46(24-29(46)3)34(33)16-19-44(43,12)36(41)39(53)54)42(10,25-52)37(55-26-45(13,47)40(6,7)8)31(5)51-38(49-27-50-51)32-17-22-48-23-18-32/h16-18,22-23,27-31,33,35-37,52H,14-15,19-21,24-26,47H2,1-13H3,(H,53,54)/t29-,30-,31-,33+,35+,36-,37+,41-,42?,43-,44+,45+,46?/m1/s1. The van der Waals surface area contributed by atoms with Crippen molar-refractivity contribution in [3.05, 3.63) is 42.5 Å². The summed E-state index contributed by atoms with van der Waals surface area (Å²) >= 11 is 0. The van der Waals surface area contributed by atoms with Gasteiger partial charge in [0.1, 0.15) is 6.33 Å². The highest BCUT2D eigenvalue weighted by atomic mass is 16.5. The average molecular weight is 760 g/mol. The van der Waals surface area contributed by atoms with E-state index in [1.165, 1.54) is 5.57 Å². The molecule has 3 saturated carbocycles. The number of nitrogens with zero attached hydrogens (tertiary/aromatic N) is 4. The Morgan fingerprint density at radius 2 is 1.67 bits per heavy atom. The number of hydrogen-bond acceptors (Lipinski definition) is 7. The van der Waals surface area contributed by atoms with Gasteiger partial charge in [-0.25, -0.2) is 9.67 Å². The first-order valence-corrected chi connectivity index (χ1v) is 21.2. The maximum atomic E-state index is 13.5. The van der Waals surface area contributed by atoms with E-state index in [1.807, 2.05) is 16.8 Å². The number of nitrogens with two attached hydrogens (primary N) is 1. The molecule has 13 atom stereocenters. The summed E-state index contributed by atoms with van der Waals surface area (Å²) in [5.74, 6) is 1.27. The second-order valence-corrected chi connectivity index (χ2v) is 21.4. The van der Waals surface area contributed by atoms with E-state index >= 15 is 0 Å². The Kier molecular flexibility index (Phi) is 10.7. The van der Waals surface area contributed by atoms with E-state index in [0.29, 0.717) is 30.3 Å². The molecule has 2 unspecified atom stereocenters. The number of hydrogen-bond donors (Lipinski definition) is 3. The average Bonchev–Trinajstić information content (AvgIpc) is 3.51. The summed E-state index contributed by atoms with van der Waals surface area (Å²) in [6, 6.07) is 3.62. The molecule has 2 heterocycles. The van der Waals surface area contributed by atoms with E-state index in [-0.39, 0.29) is 45.6 Å². The first-order chi connectivity index (χ1) is 25.5. The Hall–Kier alpha value is -2.62. The highest BCUT2D eigenvalue weighted by Crippen LogP contribution is 2.78. The third-order valence-corrected chi connectivity index (χ3v) is 17.6. The SMILES string of the molecule is CC(C)[C@@H](C)[C@@]1(C)CC[C@]2(C)[C@H]3CC[C@@H](C(C)(CO)[C@@H](OC[C@](C)(N)C(C)(C)C)[C@@H](C)n4ncnc4-c4ccncc4)C4(C[C@H]4C)C3=CC[C@@]2(C)[C@@H]1C(=O)O. The van der Waals surface area contributed by atoms with Crippen LogP contribution < -0.4 is 5.73 Å². The number of carboxylic acids is 1. The highest BCUT2D eigenvalue weighted by molar-refractivity contribution is 5.73. The predicted molar refractivity (Wildman–Crippen MR) is 219 cm³/mol. The fraction of sp³-hybridized carbons (Fsp3) is 0.783. The Bertz CT molecular complexity index is 1750. The normalized spacial score (nSPS) is 37.2. The molecule has 2 aromatic rings. The molecular formula is C46H73N5O4. The van der Waals surface area contributed by atoms with Gasteiger partial charge in [0.05, 0.1) is 31.3 Å². The smallest absolute Gasteiger partial charge is 0.307 e. The number of carbonyl (C=O) groups is 1. The summed E-state index contributed by atoms with van der Waals surface area (Å²) < 4.78 is 9.13. The number of aromatic nitrogens is 4. The molecule has 0 aliphatic heterocycles. The van der Waals surface area contributed by atoms with Gasteiger partial charge in [0, 0.05) is 28.9 Å². The van der Waals surface area contributed by atoms with E-state index in [9.17, 15) is 15.0 Å². The van der Waals surface area contributed by atoms with Crippen LogP contribution in [0.3, 0.4) is 0 Å². The molecule has 55 heavy (non-hydrogen) atoms. The minimum Gasteiger partial charge on any atom is -0.481 e. The van der Waals surface area contributed by atoms with Gasteiger partial charge in [-0.2, -0.15) is 5.10 Å². The largest absolute Gasteiger partial charge is 0.481 e. The molecule has 0 saturated heterocycles. The van der Waals surface area contributed by atoms with Crippen LogP contribution >= 0.6 is 0 Å². The third kappa shape index (κ3) is 6.27. The monoisotopic (exact) mass is 760 g/mol. The molecule has 6 rings (SSSR count). The first kappa shape index (κ1) is 42.0. The number of carboxylic acid groups (broad SMARTS) is 1. The van der Waals surface area contributed by atoms with Crippen molar-refractivity contribution in [1.29, 1.82) is 0 Å². The Morgan fingerprint density at radius 1 is 1.04 bits per heavy atom. The molecular weight excluding hydrogens is 687 g/mol. The summed E-state index contributed by atoms with van der Waals surface area (Å²) in [5, 5.41) is 27.7. The minimum atomic E-state index is -0.658. The molecule has 306 valence electrons. The van der Waals surface area contributed by atoms with Crippen LogP contribution in [0.4, 0.5) is 0 Å². The van der Waals surface area contributed by atoms with Crippen molar-refractivity contribution >= 4 is 5.97 Å². The molecule has 1 spiro atoms. The molecule has 9 heteroatoms. The maximum absolute atomic E-state index is 13.5. The van der Waals surface area contributed by atoms with E-state index in [4.69, 9.17) is 20.6 Å². The number of fused-ring (bicyclic) bond motifs is 4. The van der Waals surface area contributed by atoms with Crippen molar-refractivity contribution in [2.75, 3.05) is 13.2 Å². The van der Waals surface area contributed by atoms with Crippen LogP contribution in [-0.4, -0.2) is 60.8 Å². The summed E-state index contributed by atoms with van der Waals surface area (Å²) in [5.41, 5.74) is 7.07. The molecule has 0 radical (unpaired) electrons. The topological polar surface area (TPSA) is 136 Å². The molecule has 4 N–H and O–H groups in total. The molecule has 0 amide bonds. The van der Waals surface area contributed by atoms with Crippen LogP contribution in [0.2, 0.25) is 0 Å². The van der Waals surface area contributed by atoms with Crippen molar-refractivity contribution < 1.29 is 19.7 Å². The highest BCUT2D eigenvalue weighted by Gasteiger charge is 2.73. The van der Waals surface area contributed by atoms with Gasteiger partial charge in [0.2, 0.25) is 0 Å². The summed E-state index contributed by atoms with van der Waals surface area (Å²) in [6.07, 6.45) is 12.9. The van der Waals surface area contributed by atoms with Crippen LogP contribution in [0.1, 0.15) is 135 Å². The zero-order valence-electron chi connectivity index (χ0n) is 36.3. The number of aliphatic hydroxyl groups excluding tert-OH is 1. The lowest BCUT2D eigenvalue weighted by Gasteiger charge is -2.67. The van der Waals surface area contributed by atoms with Crippen LogP contribution in [0.15, 0.2) is 42.5 Å². The van der Waals surface area contributed by atoms with E-state index in [2.05, 4.69) is 101 Å². The lowest BCUT2D eigenvalue weighted by Crippen LogP contribution is -2.64. The van der Waals surface area contributed by atoms with Crippen molar-refractivity contribution in [2.24, 2.45) is 73.7 Å². The first-order valence-electron chi connectivity index (χ1n) is 21.2. The second-order valence-electron chi connectivity index (χ2n) is 21.4.